The fourth-order valence-corrected chi connectivity index (χ4v) is 5.80. The summed E-state index contributed by atoms with van der Waals surface area (Å²) in [5, 5.41) is 1.18. The van der Waals surface area contributed by atoms with Crippen LogP contribution in [0.5, 0.6) is 0 Å². The Morgan fingerprint density at radius 2 is 1.97 bits per heavy atom. The molecule has 0 unspecified atom stereocenters. The molecule has 8 heteroatoms. The van der Waals surface area contributed by atoms with Crippen LogP contribution in [0.25, 0.3) is 10.2 Å². The van der Waals surface area contributed by atoms with Gasteiger partial charge in [-0.15, -0.1) is 11.3 Å². The van der Waals surface area contributed by atoms with E-state index in [1.807, 2.05) is 0 Å². The molecule has 0 N–H and O–H groups in total. The molecular weight excluding hydrogens is 415 g/mol. The summed E-state index contributed by atoms with van der Waals surface area (Å²) in [5.74, 6) is 1.15. The highest BCUT2D eigenvalue weighted by Crippen LogP contribution is 2.40. The SMILES string of the molecule is COCc1nc(N2CCN(C(=O)c3cccc(F)c3)CC2)c2c3c(sc2n1)CCCC3. The number of carbonyl (C=O) groups excluding carboxylic acids is 1. The van der Waals surface area contributed by atoms with Crippen LogP contribution in [0.2, 0.25) is 0 Å². The first-order valence-corrected chi connectivity index (χ1v) is 11.6. The predicted octanol–water partition coefficient (Wildman–Crippen LogP) is 3.82. The lowest BCUT2D eigenvalue weighted by Crippen LogP contribution is -2.49. The van der Waals surface area contributed by atoms with Gasteiger partial charge in [-0.1, -0.05) is 6.07 Å². The predicted molar refractivity (Wildman–Crippen MR) is 119 cm³/mol. The van der Waals surface area contributed by atoms with E-state index in [0.717, 1.165) is 23.5 Å². The molecule has 1 aromatic carbocycles. The number of aromatic nitrogens is 2. The van der Waals surface area contributed by atoms with Crippen LogP contribution in [0.15, 0.2) is 24.3 Å². The Hall–Kier alpha value is -2.58. The number of carbonyl (C=O) groups is 1. The van der Waals surface area contributed by atoms with Crippen molar-refractivity contribution in [3.8, 4) is 0 Å². The van der Waals surface area contributed by atoms with E-state index in [-0.39, 0.29) is 11.7 Å². The molecule has 0 saturated carbocycles. The maximum absolute atomic E-state index is 13.5. The van der Waals surface area contributed by atoms with Gasteiger partial charge in [-0.3, -0.25) is 4.79 Å². The van der Waals surface area contributed by atoms with Crippen molar-refractivity contribution in [2.24, 2.45) is 0 Å². The highest BCUT2D eigenvalue weighted by Gasteiger charge is 2.28. The molecule has 6 nitrogen and oxygen atoms in total. The van der Waals surface area contributed by atoms with Gasteiger partial charge in [-0.2, -0.15) is 0 Å². The molecule has 3 heterocycles. The van der Waals surface area contributed by atoms with Crippen molar-refractivity contribution in [3.05, 3.63) is 51.9 Å². The van der Waals surface area contributed by atoms with Crippen LogP contribution < -0.4 is 4.90 Å². The summed E-state index contributed by atoms with van der Waals surface area (Å²) in [5.41, 5.74) is 1.80. The minimum Gasteiger partial charge on any atom is -0.377 e. The Labute approximate surface area is 184 Å². The number of benzene rings is 1. The first kappa shape index (κ1) is 20.3. The summed E-state index contributed by atoms with van der Waals surface area (Å²) >= 11 is 1.79. The third-order valence-electron chi connectivity index (χ3n) is 6.05. The molecule has 5 rings (SSSR count). The second-order valence-corrected chi connectivity index (χ2v) is 9.16. The second kappa shape index (κ2) is 8.51. The van der Waals surface area contributed by atoms with Gasteiger partial charge in [0.25, 0.3) is 5.91 Å². The number of methoxy groups -OCH3 is 1. The minimum atomic E-state index is -0.388. The van der Waals surface area contributed by atoms with E-state index in [9.17, 15) is 9.18 Å². The Morgan fingerprint density at radius 3 is 2.74 bits per heavy atom. The summed E-state index contributed by atoms with van der Waals surface area (Å²) in [6, 6.07) is 5.90. The molecule has 1 aliphatic carbocycles. The van der Waals surface area contributed by atoms with Gasteiger partial charge in [0.1, 0.15) is 23.1 Å². The Bertz CT molecular complexity index is 1120. The van der Waals surface area contributed by atoms with E-state index in [2.05, 4.69) is 4.90 Å². The number of piperazine rings is 1. The number of fused-ring (bicyclic) bond motifs is 3. The average Bonchev–Trinajstić information content (AvgIpc) is 3.17. The summed E-state index contributed by atoms with van der Waals surface area (Å²) in [7, 11) is 1.66. The molecule has 0 radical (unpaired) electrons. The fraction of sp³-hybridized carbons (Fsp3) is 0.435. The van der Waals surface area contributed by atoms with Gasteiger partial charge in [-0.05, 0) is 49.4 Å². The molecule has 2 aromatic heterocycles. The minimum absolute atomic E-state index is 0.125. The van der Waals surface area contributed by atoms with Crippen LogP contribution >= 0.6 is 11.3 Å². The van der Waals surface area contributed by atoms with Gasteiger partial charge in [0.15, 0.2) is 5.82 Å². The van der Waals surface area contributed by atoms with Gasteiger partial charge in [-0.25, -0.2) is 14.4 Å². The quantitative estimate of drug-likeness (QED) is 0.617. The van der Waals surface area contributed by atoms with Crippen molar-refractivity contribution < 1.29 is 13.9 Å². The van der Waals surface area contributed by atoms with Gasteiger partial charge in [0, 0.05) is 43.7 Å². The van der Waals surface area contributed by atoms with E-state index < -0.39 is 0 Å². The number of nitrogens with zero attached hydrogens (tertiary/aromatic N) is 4. The van der Waals surface area contributed by atoms with Gasteiger partial charge >= 0.3 is 0 Å². The summed E-state index contributed by atoms with van der Waals surface area (Å²) in [6.45, 7) is 2.90. The van der Waals surface area contributed by atoms with Crippen molar-refractivity contribution in [1.82, 2.24) is 14.9 Å². The van der Waals surface area contributed by atoms with E-state index in [1.54, 1.807) is 35.5 Å². The maximum Gasteiger partial charge on any atom is 0.254 e. The molecule has 162 valence electrons. The topological polar surface area (TPSA) is 58.6 Å². The number of rotatable bonds is 4. The Kier molecular flexibility index (Phi) is 5.58. The number of ether oxygens (including phenoxy) is 1. The highest BCUT2D eigenvalue weighted by atomic mass is 32.1. The van der Waals surface area contributed by atoms with Crippen LogP contribution in [0.3, 0.4) is 0 Å². The zero-order valence-corrected chi connectivity index (χ0v) is 18.4. The third kappa shape index (κ3) is 3.90. The number of hydrogen-bond donors (Lipinski definition) is 0. The summed E-state index contributed by atoms with van der Waals surface area (Å²) < 4.78 is 18.8. The first-order valence-electron chi connectivity index (χ1n) is 10.7. The third-order valence-corrected chi connectivity index (χ3v) is 7.24. The first-order chi connectivity index (χ1) is 15.1. The molecule has 0 atom stereocenters. The number of halogens is 1. The summed E-state index contributed by atoms with van der Waals surface area (Å²) in [6.07, 6.45) is 4.63. The van der Waals surface area contributed by atoms with E-state index in [1.165, 1.54) is 40.8 Å². The fourth-order valence-electron chi connectivity index (χ4n) is 4.53. The number of anilines is 1. The van der Waals surface area contributed by atoms with Crippen molar-refractivity contribution in [2.75, 3.05) is 38.2 Å². The summed E-state index contributed by atoms with van der Waals surface area (Å²) in [4.78, 5) is 29.0. The lowest BCUT2D eigenvalue weighted by Gasteiger charge is -2.36. The zero-order valence-electron chi connectivity index (χ0n) is 17.6. The van der Waals surface area contributed by atoms with Crippen LogP contribution in [0.1, 0.15) is 39.5 Å². The van der Waals surface area contributed by atoms with E-state index >= 15 is 0 Å². The standard InChI is InChI=1S/C23H25FN4O2S/c1-30-14-19-25-21(20-17-7-2-3-8-18(17)31-22(20)26-19)27-9-11-28(12-10-27)23(29)15-5-4-6-16(24)13-15/h4-6,13H,2-3,7-12,14H2,1H3. The van der Waals surface area contributed by atoms with Crippen LogP contribution in [-0.4, -0.2) is 54.1 Å². The highest BCUT2D eigenvalue weighted by molar-refractivity contribution is 7.19. The Morgan fingerprint density at radius 1 is 1.16 bits per heavy atom. The molecule has 3 aromatic rings. The van der Waals surface area contributed by atoms with Crippen molar-refractivity contribution >= 4 is 33.3 Å². The van der Waals surface area contributed by atoms with Gasteiger partial charge in [0.2, 0.25) is 0 Å². The molecular formula is C23H25FN4O2S. The van der Waals surface area contributed by atoms with Gasteiger partial charge < -0.3 is 14.5 Å². The van der Waals surface area contributed by atoms with Gasteiger partial charge in [0.05, 0.1) is 5.39 Å². The lowest BCUT2D eigenvalue weighted by atomic mass is 9.97. The average molecular weight is 441 g/mol. The number of thiophene rings is 1. The second-order valence-electron chi connectivity index (χ2n) is 8.08. The molecule has 1 amide bonds. The monoisotopic (exact) mass is 440 g/mol. The molecule has 1 saturated heterocycles. The Balaban J connectivity index is 1.42. The van der Waals surface area contributed by atoms with E-state index in [0.29, 0.717) is 44.2 Å². The molecule has 1 aliphatic heterocycles. The largest absolute Gasteiger partial charge is 0.377 e. The van der Waals surface area contributed by atoms with Crippen molar-refractivity contribution in [1.29, 1.82) is 0 Å². The van der Waals surface area contributed by atoms with Crippen LogP contribution in [0.4, 0.5) is 10.2 Å². The molecule has 1 fully saturated rings. The van der Waals surface area contributed by atoms with Crippen LogP contribution in [-0.2, 0) is 24.2 Å². The molecule has 2 aliphatic rings. The van der Waals surface area contributed by atoms with E-state index in [4.69, 9.17) is 14.7 Å². The number of hydrogen-bond acceptors (Lipinski definition) is 6. The smallest absolute Gasteiger partial charge is 0.254 e. The van der Waals surface area contributed by atoms with Crippen LogP contribution in [0, 0.1) is 5.82 Å². The normalized spacial score (nSPS) is 16.6. The lowest BCUT2D eigenvalue weighted by molar-refractivity contribution is 0.0746. The number of aryl methyl sites for hydroxylation is 2. The molecule has 0 spiro atoms. The van der Waals surface area contributed by atoms with Crippen molar-refractivity contribution in [2.45, 2.75) is 32.3 Å². The van der Waals surface area contributed by atoms with Crippen molar-refractivity contribution in [3.63, 3.8) is 0 Å². The molecule has 31 heavy (non-hydrogen) atoms. The molecule has 0 bridgehead atoms. The zero-order chi connectivity index (χ0) is 21.4. The maximum atomic E-state index is 13.5. The number of amides is 1.